The van der Waals surface area contributed by atoms with Crippen LogP contribution in [-0.4, -0.2) is 80.4 Å². The number of anilines is 1. The van der Waals surface area contributed by atoms with Gasteiger partial charge < -0.3 is 24.4 Å². The first-order valence-electron chi connectivity index (χ1n) is 10.4. The molecular formula is C21H29FN6O2. The molecular weight excluding hydrogens is 387 g/mol. The molecule has 1 aromatic carbocycles. The summed E-state index contributed by atoms with van der Waals surface area (Å²) >= 11 is 0. The Morgan fingerprint density at radius 2 is 1.93 bits per heavy atom. The summed E-state index contributed by atoms with van der Waals surface area (Å²) in [6.45, 7) is 7.68. The van der Waals surface area contributed by atoms with E-state index in [1.807, 2.05) is 23.1 Å². The van der Waals surface area contributed by atoms with Gasteiger partial charge in [-0.3, -0.25) is 9.89 Å². The first-order valence-corrected chi connectivity index (χ1v) is 10.4. The van der Waals surface area contributed by atoms with Gasteiger partial charge >= 0.3 is 0 Å². The standard InChI is InChI=1S/C21H29FN6O2/c1-23-21(28-7-5-26(6-8-28)16-18-4-11-30-25-18)24-15-17-2-3-20(19(22)14-17)27-9-12-29-13-10-27/h2-4,11,14H,5-10,12-13,15-16H2,1H3,(H,23,24). The molecule has 0 unspecified atom stereocenters. The van der Waals surface area contributed by atoms with Gasteiger partial charge in [-0.25, -0.2) is 4.39 Å². The summed E-state index contributed by atoms with van der Waals surface area (Å²) in [5.41, 5.74) is 2.50. The summed E-state index contributed by atoms with van der Waals surface area (Å²) in [4.78, 5) is 11.0. The second-order valence-corrected chi connectivity index (χ2v) is 7.54. The number of halogens is 1. The molecule has 0 saturated carbocycles. The predicted molar refractivity (Wildman–Crippen MR) is 113 cm³/mol. The maximum atomic E-state index is 14.6. The Morgan fingerprint density at radius 3 is 2.60 bits per heavy atom. The van der Waals surface area contributed by atoms with Crippen LogP contribution in [0.2, 0.25) is 0 Å². The quantitative estimate of drug-likeness (QED) is 0.586. The van der Waals surface area contributed by atoms with E-state index in [0.29, 0.717) is 25.4 Å². The zero-order valence-corrected chi connectivity index (χ0v) is 17.4. The smallest absolute Gasteiger partial charge is 0.194 e. The van der Waals surface area contributed by atoms with Crippen molar-refractivity contribution in [2.24, 2.45) is 4.99 Å². The third-order valence-electron chi connectivity index (χ3n) is 5.57. The molecule has 0 amide bonds. The number of piperazine rings is 1. The van der Waals surface area contributed by atoms with Crippen LogP contribution >= 0.6 is 0 Å². The van der Waals surface area contributed by atoms with Crippen molar-refractivity contribution in [3.05, 3.63) is 47.6 Å². The largest absolute Gasteiger partial charge is 0.378 e. The molecule has 1 aromatic heterocycles. The zero-order chi connectivity index (χ0) is 20.8. The third-order valence-corrected chi connectivity index (χ3v) is 5.57. The van der Waals surface area contributed by atoms with Crippen molar-refractivity contribution < 1.29 is 13.7 Å². The van der Waals surface area contributed by atoms with Gasteiger partial charge in [-0.15, -0.1) is 0 Å². The van der Waals surface area contributed by atoms with Crippen molar-refractivity contribution in [3.63, 3.8) is 0 Å². The van der Waals surface area contributed by atoms with E-state index in [9.17, 15) is 4.39 Å². The predicted octanol–water partition coefficient (Wildman–Crippen LogP) is 1.54. The number of hydrogen-bond donors (Lipinski definition) is 1. The fourth-order valence-electron chi connectivity index (χ4n) is 3.90. The normalized spacial score (nSPS) is 18.7. The van der Waals surface area contributed by atoms with E-state index < -0.39 is 0 Å². The number of rotatable bonds is 5. The fourth-order valence-corrected chi connectivity index (χ4v) is 3.90. The van der Waals surface area contributed by atoms with Crippen molar-refractivity contribution in [3.8, 4) is 0 Å². The summed E-state index contributed by atoms with van der Waals surface area (Å²) in [5.74, 6) is 0.654. The zero-order valence-electron chi connectivity index (χ0n) is 17.4. The molecule has 2 fully saturated rings. The topological polar surface area (TPSA) is 69.4 Å². The highest BCUT2D eigenvalue weighted by Gasteiger charge is 2.20. The molecule has 162 valence electrons. The minimum Gasteiger partial charge on any atom is -0.378 e. The Morgan fingerprint density at radius 1 is 1.13 bits per heavy atom. The number of benzene rings is 1. The lowest BCUT2D eigenvalue weighted by Crippen LogP contribution is -2.52. The number of nitrogens with one attached hydrogen (secondary N) is 1. The molecule has 0 bridgehead atoms. The van der Waals surface area contributed by atoms with Crippen LogP contribution in [0, 0.1) is 5.82 Å². The lowest BCUT2D eigenvalue weighted by molar-refractivity contribution is 0.122. The molecule has 30 heavy (non-hydrogen) atoms. The molecule has 1 N–H and O–H groups in total. The van der Waals surface area contributed by atoms with Crippen LogP contribution in [0.5, 0.6) is 0 Å². The van der Waals surface area contributed by atoms with Crippen molar-refractivity contribution >= 4 is 11.6 Å². The van der Waals surface area contributed by atoms with Crippen LogP contribution in [-0.2, 0) is 17.8 Å². The first kappa shape index (κ1) is 20.6. The second kappa shape index (κ2) is 9.90. The highest BCUT2D eigenvalue weighted by Crippen LogP contribution is 2.21. The minimum atomic E-state index is -0.187. The molecule has 0 radical (unpaired) electrons. The van der Waals surface area contributed by atoms with Crippen molar-refractivity contribution in [1.29, 1.82) is 0 Å². The molecule has 0 spiro atoms. The van der Waals surface area contributed by atoms with E-state index in [-0.39, 0.29) is 5.82 Å². The molecule has 2 saturated heterocycles. The van der Waals surface area contributed by atoms with Crippen LogP contribution in [0.15, 0.2) is 40.0 Å². The Kier molecular flexibility index (Phi) is 6.81. The van der Waals surface area contributed by atoms with E-state index in [1.165, 1.54) is 0 Å². The van der Waals surface area contributed by atoms with Gasteiger partial charge in [-0.2, -0.15) is 0 Å². The maximum absolute atomic E-state index is 14.6. The van der Waals surface area contributed by atoms with E-state index in [0.717, 1.165) is 63.0 Å². The van der Waals surface area contributed by atoms with Crippen LogP contribution < -0.4 is 10.2 Å². The van der Waals surface area contributed by atoms with E-state index >= 15 is 0 Å². The Hall–Kier alpha value is -2.65. The summed E-state index contributed by atoms with van der Waals surface area (Å²) in [6.07, 6.45) is 1.60. The molecule has 2 aliphatic rings. The van der Waals surface area contributed by atoms with Gasteiger partial charge in [-0.1, -0.05) is 11.2 Å². The average Bonchev–Trinajstić information content (AvgIpc) is 3.29. The number of hydrogen-bond acceptors (Lipinski definition) is 6. The van der Waals surface area contributed by atoms with Crippen molar-refractivity contribution in [1.82, 2.24) is 20.3 Å². The van der Waals surface area contributed by atoms with Gasteiger partial charge in [0.25, 0.3) is 0 Å². The van der Waals surface area contributed by atoms with Gasteiger partial charge in [0.05, 0.1) is 24.6 Å². The Labute approximate surface area is 176 Å². The van der Waals surface area contributed by atoms with Gasteiger partial charge in [0.1, 0.15) is 12.1 Å². The minimum absolute atomic E-state index is 0.187. The Bertz CT molecular complexity index is 830. The molecule has 2 aliphatic heterocycles. The molecule has 2 aromatic rings. The molecule has 0 atom stereocenters. The van der Waals surface area contributed by atoms with Crippen LogP contribution in [0.25, 0.3) is 0 Å². The summed E-state index contributed by atoms with van der Waals surface area (Å²) in [6, 6.07) is 7.35. The molecule has 0 aliphatic carbocycles. The van der Waals surface area contributed by atoms with Crippen molar-refractivity contribution in [2.45, 2.75) is 13.1 Å². The average molecular weight is 417 g/mol. The first-order chi connectivity index (χ1) is 14.7. The maximum Gasteiger partial charge on any atom is 0.194 e. The number of guanidine groups is 1. The number of ether oxygens (including phenoxy) is 1. The number of aliphatic imine (C=N–C) groups is 1. The SMILES string of the molecule is CN=C(NCc1ccc(N2CCOCC2)c(F)c1)N1CCN(Cc2ccon2)CC1. The Balaban J connectivity index is 1.28. The lowest BCUT2D eigenvalue weighted by atomic mass is 10.1. The van der Waals surface area contributed by atoms with Gasteiger partial charge in [0.15, 0.2) is 5.96 Å². The number of aromatic nitrogens is 1. The number of morpholine rings is 1. The summed E-state index contributed by atoms with van der Waals surface area (Å²) in [7, 11) is 1.78. The van der Waals surface area contributed by atoms with E-state index in [1.54, 1.807) is 19.4 Å². The second-order valence-electron chi connectivity index (χ2n) is 7.54. The van der Waals surface area contributed by atoms with Gasteiger partial charge in [0.2, 0.25) is 0 Å². The third kappa shape index (κ3) is 5.09. The molecule has 4 rings (SSSR count). The molecule has 8 nitrogen and oxygen atoms in total. The van der Waals surface area contributed by atoms with Crippen LogP contribution in [0.4, 0.5) is 10.1 Å². The summed E-state index contributed by atoms with van der Waals surface area (Å²) in [5, 5.41) is 7.35. The van der Waals surface area contributed by atoms with Crippen LogP contribution in [0.1, 0.15) is 11.3 Å². The highest BCUT2D eigenvalue weighted by atomic mass is 19.1. The fraction of sp³-hybridized carbons (Fsp3) is 0.524. The van der Waals surface area contributed by atoms with Crippen molar-refractivity contribution in [2.75, 3.05) is 64.4 Å². The highest BCUT2D eigenvalue weighted by molar-refractivity contribution is 5.80. The van der Waals surface area contributed by atoms with E-state index in [4.69, 9.17) is 9.26 Å². The van der Waals surface area contributed by atoms with Gasteiger partial charge in [0, 0.05) is 65.5 Å². The monoisotopic (exact) mass is 416 g/mol. The van der Waals surface area contributed by atoms with E-state index in [2.05, 4.69) is 25.3 Å². The summed E-state index contributed by atoms with van der Waals surface area (Å²) < 4.78 is 24.9. The lowest BCUT2D eigenvalue weighted by Gasteiger charge is -2.36. The number of nitrogens with zero attached hydrogens (tertiary/aromatic N) is 5. The van der Waals surface area contributed by atoms with Gasteiger partial charge in [-0.05, 0) is 17.7 Å². The molecule has 3 heterocycles. The molecule has 9 heteroatoms. The van der Waals surface area contributed by atoms with Crippen LogP contribution in [0.3, 0.4) is 0 Å².